The molecule has 0 bridgehead atoms. The molecule has 0 unspecified atom stereocenters. The Bertz CT molecular complexity index is 490. The normalized spacial score (nSPS) is 10.1. The van der Waals surface area contributed by atoms with Crippen LogP contribution in [0.3, 0.4) is 0 Å². The zero-order valence-electron chi connectivity index (χ0n) is 8.13. The third-order valence-electron chi connectivity index (χ3n) is 1.73. The van der Waals surface area contributed by atoms with Crippen molar-refractivity contribution in [2.75, 3.05) is 12.3 Å². The second-order valence-corrected chi connectivity index (χ2v) is 6.29. The van der Waals surface area contributed by atoms with Gasteiger partial charge in [-0.2, -0.15) is 0 Å². The molecule has 0 radical (unpaired) electrons. The molecule has 0 saturated carbocycles. The summed E-state index contributed by atoms with van der Waals surface area (Å²) in [5.41, 5.74) is 6.55. The summed E-state index contributed by atoms with van der Waals surface area (Å²) < 4.78 is 6.62. The van der Waals surface area contributed by atoms with Crippen molar-refractivity contribution >= 4 is 85.4 Å². The van der Waals surface area contributed by atoms with Crippen LogP contribution in [0, 0.1) is 10.7 Å². The Hall–Kier alpha value is 0.150. The number of esters is 1. The molecule has 0 heterocycles. The van der Waals surface area contributed by atoms with Crippen molar-refractivity contribution in [3.05, 3.63) is 22.3 Å². The van der Waals surface area contributed by atoms with E-state index < -0.39 is 18.5 Å². The number of benzene rings is 1. The second-order valence-electron chi connectivity index (χ2n) is 2.89. The molecule has 0 amide bonds. The van der Waals surface area contributed by atoms with Gasteiger partial charge in [0, 0.05) is 7.14 Å². The molecular weight excluding hydrogens is 567 g/mol. The van der Waals surface area contributed by atoms with E-state index in [1.54, 1.807) is 6.07 Å². The fourth-order valence-corrected chi connectivity index (χ4v) is 4.80. The Kier molecular flexibility index (Phi) is 5.69. The van der Waals surface area contributed by atoms with E-state index in [-0.39, 0.29) is 5.56 Å². The van der Waals surface area contributed by atoms with Gasteiger partial charge >= 0.3 is 5.97 Å². The lowest BCUT2D eigenvalue weighted by Gasteiger charge is -2.11. The molecule has 0 aliphatic rings. The van der Waals surface area contributed by atoms with Gasteiger partial charge in [0.05, 0.1) is 20.8 Å². The number of anilines is 1. The smallest absolute Gasteiger partial charge is 0.340 e. The molecule has 5 nitrogen and oxygen atoms in total. The minimum Gasteiger partial charge on any atom is -0.546 e. The van der Waals surface area contributed by atoms with E-state index in [0.717, 1.165) is 3.57 Å². The number of carbonyl (C=O) groups excluding carboxylic acids is 2. The van der Waals surface area contributed by atoms with Gasteiger partial charge in [-0.15, -0.1) is 0 Å². The highest BCUT2D eigenvalue weighted by atomic mass is 127. The van der Waals surface area contributed by atoms with Crippen molar-refractivity contribution in [2.24, 2.45) is 0 Å². The largest absolute Gasteiger partial charge is 0.546 e. The van der Waals surface area contributed by atoms with Crippen molar-refractivity contribution in [1.29, 1.82) is 0 Å². The minimum atomic E-state index is -1.44. The van der Waals surface area contributed by atoms with Crippen molar-refractivity contribution in [3.63, 3.8) is 0 Å². The molecule has 0 aromatic heterocycles. The molecule has 1 aromatic rings. The monoisotopic (exact) mass is 572 g/mol. The number of carbonyl (C=O) groups is 2. The van der Waals surface area contributed by atoms with Crippen LogP contribution in [-0.2, 0) is 9.53 Å². The van der Waals surface area contributed by atoms with Crippen LogP contribution < -0.4 is 10.8 Å². The summed E-state index contributed by atoms with van der Waals surface area (Å²) in [6.07, 6.45) is 0. The molecule has 92 valence electrons. The van der Waals surface area contributed by atoms with Gasteiger partial charge < -0.3 is 20.4 Å². The van der Waals surface area contributed by atoms with Crippen molar-refractivity contribution in [1.82, 2.24) is 0 Å². The van der Waals surface area contributed by atoms with E-state index in [2.05, 4.69) is 27.3 Å². The highest BCUT2D eigenvalue weighted by Gasteiger charge is 2.19. The zero-order valence-corrected chi connectivity index (χ0v) is 14.6. The molecule has 0 saturated heterocycles. The molecule has 8 heteroatoms. The average molecular weight is 572 g/mol. The summed E-state index contributed by atoms with van der Waals surface area (Å²) in [7, 11) is 0. The lowest BCUT2D eigenvalue weighted by Crippen LogP contribution is -2.29. The predicted octanol–water partition coefficient (Wildman–Crippen LogP) is 0.989. The minimum absolute atomic E-state index is 0.283. The van der Waals surface area contributed by atoms with E-state index in [4.69, 9.17) is 5.73 Å². The number of aliphatic carboxylic acids is 1. The number of hydrogen-bond donors (Lipinski definition) is 1. The first-order chi connectivity index (χ1) is 7.84. The van der Waals surface area contributed by atoms with Crippen LogP contribution in [0.5, 0.6) is 0 Å². The summed E-state index contributed by atoms with van der Waals surface area (Å²) in [5, 5.41) is 10.2. The summed E-state index contributed by atoms with van der Waals surface area (Å²) in [6.45, 7) is -0.767. The topological polar surface area (TPSA) is 92.5 Å². The Balaban J connectivity index is 3.10. The number of halogens is 3. The molecule has 1 aromatic carbocycles. The van der Waals surface area contributed by atoms with Gasteiger partial charge in [-0.25, -0.2) is 4.79 Å². The third-order valence-corrected chi connectivity index (χ3v) is 4.59. The van der Waals surface area contributed by atoms with Gasteiger partial charge in [-0.1, -0.05) is 0 Å². The molecule has 0 aliphatic heterocycles. The number of ether oxygens (including phenoxy) is 1. The van der Waals surface area contributed by atoms with Gasteiger partial charge in [0.2, 0.25) is 0 Å². The van der Waals surface area contributed by atoms with Gasteiger partial charge in [0.1, 0.15) is 6.61 Å². The fourth-order valence-electron chi connectivity index (χ4n) is 0.989. The summed E-state index contributed by atoms with van der Waals surface area (Å²) in [5.74, 6) is -2.16. The Labute approximate surface area is 138 Å². The van der Waals surface area contributed by atoms with E-state index >= 15 is 0 Å². The first-order valence-electron chi connectivity index (χ1n) is 4.14. The quantitative estimate of drug-likeness (QED) is 0.332. The van der Waals surface area contributed by atoms with Gasteiger partial charge in [-0.05, 0) is 73.8 Å². The third kappa shape index (κ3) is 3.81. The van der Waals surface area contributed by atoms with E-state index in [0.29, 0.717) is 12.8 Å². The standard InChI is InChI=1S/C9H6I3NO4/c10-3-1-4(11)8(13)7(12)6(3)9(16)17-2-5(14)15/h1H,2,13H2,(H,14,15)/p-1. The lowest BCUT2D eigenvalue weighted by atomic mass is 10.2. The lowest BCUT2D eigenvalue weighted by molar-refractivity contribution is -0.308. The molecule has 17 heavy (non-hydrogen) atoms. The van der Waals surface area contributed by atoms with Crippen LogP contribution in [-0.4, -0.2) is 18.5 Å². The van der Waals surface area contributed by atoms with Gasteiger partial charge in [0.15, 0.2) is 0 Å². The molecule has 0 spiro atoms. The first kappa shape index (κ1) is 15.2. The molecule has 0 aliphatic carbocycles. The maximum atomic E-state index is 11.7. The molecule has 0 fully saturated rings. The number of carboxylic acid groups (broad SMARTS) is 1. The van der Waals surface area contributed by atoms with Gasteiger partial charge in [0.25, 0.3) is 0 Å². The number of carboxylic acids is 1. The van der Waals surface area contributed by atoms with Crippen LogP contribution >= 0.6 is 67.8 Å². The van der Waals surface area contributed by atoms with Crippen LogP contribution in [0.15, 0.2) is 6.07 Å². The molecular formula is C9H5I3NO4-. The number of rotatable bonds is 3. The Morgan fingerprint density at radius 1 is 1.29 bits per heavy atom. The summed E-state index contributed by atoms with van der Waals surface area (Å²) in [4.78, 5) is 21.9. The summed E-state index contributed by atoms with van der Waals surface area (Å²) >= 11 is 5.96. The zero-order chi connectivity index (χ0) is 13.2. The van der Waals surface area contributed by atoms with Crippen molar-refractivity contribution in [2.45, 2.75) is 0 Å². The average Bonchev–Trinajstić information content (AvgIpc) is 2.23. The van der Waals surface area contributed by atoms with Crippen molar-refractivity contribution in [3.8, 4) is 0 Å². The molecule has 0 atom stereocenters. The SMILES string of the molecule is Nc1c(I)cc(I)c(C(=O)OCC(=O)[O-])c1I. The second kappa shape index (κ2) is 6.36. The first-order valence-corrected chi connectivity index (χ1v) is 7.38. The van der Waals surface area contributed by atoms with Crippen LogP contribution in [0.2, 0.25) is 0 Å². The van der Waals surface area contributed by atoms with Crippen molar-refractivity contribution < 1.29 is 19.4 Å². The van der Waals surface area contributed by atoms with E-state index in [9.17, 15) is 14.7 Å². The van der Waals surface area contributed by atoms with E-state index in [1.807, 2.05) is 45.2 Å². The Morgan fingerprint density at radius 2 is 1.88 bits per heavy atom. The fraction of sp³-hybridized carbons (Fsp3) is 0.111. The van der Waals surface area contributed by atoms with Crippen LogP contribution in [0.4, 0.5) is 5.69 Å². The maximum absolute atomic E-state index is 11.7. The van der Waals surface area contributed by atoms with E-state index in [1.165, 1.54) is 0 Å². The van der Waals surface area contributed by atoms with Crippen LogP contribution in [0.1, 0.15) is 10.4 Å². The number of hydrogen-bond acceptors (Lipinski definition) is 5. The highest BCUT2D eigenvalue weighted by Crippen LogP contribution is 2.29. The highest BCUT2D eigenvalue weighted by molar-refractivity contribution is 14.1. The molecule has 1 rings (SSSR count). The Morgan fingerprint density at radius 3 is 2.41 bits per heavy atom. The number of nitrogens with two attached hydrogens (primary N) is 1. The predicted molar refractivity (Wildman–Crippen MR) is 84.3 cm³/mol. The van der Waals surface area contributed by atoms with Gasteiger partial charge in [-0.3, -0.25) is 0 Å². The maximum Gasteiger partial charge on any atom is 0.340 e. The summed E-state index contributed by atoms with van der Waals surface area (Å²) in [6, 6.07) is 1.73. The van der Waals surface area contributed by atoms with Crippen LogP contribution in [0.25, 0.3) is 0 Å². The molecule has 2 N–H and O–H groups in total. The number of nitrogen functional groups attached to an aromatic ring is 1.